The molecule has 1 amide bonds. The van der Waals surface area contributed by atoms with Crippen molar-refractivity contribution >= 4 is 5.91 Å². The van der Waals surface area contributed by atoms with Crippen LogP contribution in [-0.2, 0) is 11.2 Å². The molecule has 1 aromatic carbocycles. The van der Waals surface area contributed by atoms with Gasteiger partial charge in [-0.1, -0.05) is 0 Å². The van der Waals surface area contributed by atoms with Crippen molar-refractivity contribution in [1.82, 2.24) is 4.90 Å². The molecule has 1 aromatic rings. The Morgan fingerprint density at radius 3 is 3.15 bits per heavy atom. The Morgan fingerprint density at radius 1 is 1.50 bits per heavy atom. The highest BCUT2D eigenvalue weighted by Crippen LogP contribution is 2.27. The Bertz CT molecular complexity index is 518. The first-order valence-corrected chi connectivity index (χ1v) is 7.07. The first-order valence-electron chi connectivity index (χ1n) is 7.07. The number of amides is 1. The average Bonchev–Trinajstić information content (AvgIpc) is 2.94. The summed E-state index contributed by atoms with van der Waals surface area (Å²) in [4.78, 5) is 14.5. The van der Waals surface area contributed by atoms with Crippen LogP contribution in [0.15, 0.2) is 18.2 Å². The van der Waals surface area contributed by atoms with Crippen LogP contribution >= 0.6 is 0 Å². The second kappa shape index (κ2) is 5.42. The van der Waals surface area contributed by atoms with Crippen molar-refractivity contribution in [3.05, 3.63) is 29.3 Å². The van der Waals surface area contributed by atoms with Gasteiger partial charge in [0.1, 0.15) is 5.75 Å². The zero-order chi connectivity index (χ0) is 14.1. The summed E-state index contributed by atoms with van der Waals surface area (Å²) < 4.78 is 11.1. The molecular formula is C15H20N2O3. The van der Waals surface area contributed by atoms with E-state index in [0.29, 0.717) is 26.3 Å². The maximum absolute atomic E-state index is 12.7. The lowest BCUT2D eigenvalue weighted by Crippen LogP contribution is -2.52. The number of fused-ring (bicyclic) bond motifs is 1. The molecule has 2 atom stereocenters. The quantitative estimate of drug-likeness (QED) is 0.868. The van der Waals surface area contributed by atoms with Crippen molar-refractivity contribution in [2.45, 2.75) is 25.5 Å². The standard InChI is InChI=1S/C15H20N2O3/c1-10-9-20-13(7-16)8-17(10)15(18)12-2-3-14-11(6-12)4-5-19-14/h2-3,6,10,13H,4-5,7-9,16H2,1H3. The first kappa shape index (κ1) is 13.4. The Hall–Kier alpha value is -1.59. The first-order chi connectivity index (χ1) is 9.69. The largest absolute Gasteiger partial charge is 0.493 e. The van der Waals surface area contributed by atoms with Gasteiger partial charge in [-0.25, -0.2) is 0 Å². The molecule has 0 saturated carbocycles. The van der Waals surface area contributed by atoms with Crippen LogP contribution < -0.4 is 10.5 Å². The highest BCUT2D eigenvalue weighted by atomic mass is 16.5. The van der Waals surface area contributed by atoms with Crippen molar-refractivity contribution in [1.29, 1.82) is 0 Å². The van der Waals surface area contributed by atoms with Crippen LogP contribution in [0.1, 0.15) is 22.8 Å². The molecular weight excluding hydrogens is 256 g/mol. The number of morpholine rings is 1. The number of benzene rings is 1. The Morgan fingerprint density at radius 2 is 2.35 bits per heavy atom. The highest BCUT2D eigenvalue weighted by molar-refractivity contribution is 5.95. The Kier molecular flexibility index (Phi) is 3.63. The van der Waals surface area contributed by atoms with Crippen LogP contribution in [0.2, 0.25) is 0 Å². The van der Waals surface area contributed by atoms with Gasteiger partial charge >= 0.3 is 0 Å². The van der Waals surface area contributed by atoms with E-state index >= 15 is 0 Å². The molecule has 108 valence electrons. The fourth-order valence-electron chi connectivity index (χ4n) is 2.73. The zero-order valence-electron chi connectivity index (χ0n) is 11.7. The number of ether oxygens (including phenoxy) is 2. The molecule has 1 saturated heterocycles. The molecule has 1 fully saturated rings. The van der Waals surface area contributed by atoms with Crippen molar-refractivity contribution < 1.29 is 14.3 Å². The van der Waals surface area contributed by atoms with E-state index in [4.69, 9.17) is 15.2 Å². The lowest BCUT2D eigenvalue weighted by Gasteiger charge is -2.37. The van der Waals surface area contributed by atoms with E-state index in [2.05, 4.69) is 0 Å². The molecule has 2 aliphatic heterocycles. The molecule has 2 N–H and O–H groups in total. The SMILES string of the molecule is CC1COC(CN)CN1C(=O)c1ccc2c(c1)CCO2. The number of rotatable bonds is 2. The third kappa shape index (κ3) is 2.39. The molecule has 0 aromatic heterocycles. The highest BCUT2D eigenvalue weighted by Gasteiger charge is 2.30. The van der Waals surface area contributed by atoms with Crippen molar-refractivity contribution in [3.8, 4) is 5.75 Å². The summed E-state index contributed by atoms with van der Waals surface area (Å²) in [6.45, 7) is 4.25. The van der Waals surface area contributed by atoms with Crippen LogP contribution in [0, 0.1) is 0 Å². The number of nitrogens with two attached hydrogens (primary N) is 1. The summed E-state index contributed by atoms with van der Waals surface area (Å²) in [5, 5.41) is 0. The van der Waals surface area contributed by atoms with Gasteiger partial charge in [0, 0.05) is 25.1 Å². The van der Waals surface area contributed by atoms with E-state index in [0.717, 1.165) is 23.3 Å². The minimum Gasteiger partial charge on any atom is -0.493 e. The second-order valence-electron chi connectivity index (χ2n) is 5.42. The van der Waals surface area contributed by atoms with E-state index in [1.165, 1.54) is 0 Å². The van der Waals surface area contributed by atoms with E-state index in [9.17, 15) is 4.79 Å². The Labute approximate surface area is 118 Å². The van der Waals surface area contributed by atoms with Gasteiger partial charge < -0.3 is 20.1 Å². The number of hydrogen-bond acceptors (Lipinski definition) is 4. The molecule has 0 bridgehead atoms. The van der Waals surface area contributed by atoms with Crippen LogP contribution in [0.25, 0.3) is 0 Å². The Balaban J connectivity index is 1.80. The van der Waals surface area contributed by atoms with Crippen molar-refractivity contribution in [2.24, 2.45) is 5.73 Å². The lowest BCUT2D eigenvalue weighted by molar-refractivity contribution is -0.0426. The lowest BCUT2D eigenvalue weighted by atomic mass is 10.1. The van der Waals surface area contributed by atoms with Gasteiger partial charge in [0.2, 0.25) is 0 Å². The number of nitrogens with zero attached hydrogens (tertiary/aromatic N) is 1. The zero-order valence-corrected chi connectivity index (χ0v) is 11.7. The van der Waals surface area contributed by atoms with Crippen LogP contribution in [0.5, 0.6) is 5.75 Å². The van der Waals surface area contributed by atoms with Gasteiger partial charge in [-0.15, -0.1) is 0 Å². The molecule has 2 unspecified atom stereocenters. The minimum absolute atomic E-state index is 0.0500. The third-order valence-corrected chi connectivity index (χ3v) is 3.97. The van der Waals surface area contributed by atoms with Crippen molar-refractivity contribution in [3.63, 3.8) is 0 Å². The molecule has 20 heavy (non-hydrogen) atoms. The van der Waals surface area contributed by atoms with Crippen molar-refractivity contribution in [2.75, 3.05) is 26.3 Å². The molecule has 5 heteroatoms. The molecule has 3 rings (SSSR count). The van der Waals surface area contributed by atoms with Crippen LogP contribution in [0.4, 0.5) is 0 Å². The third-order valence-electron chi connectivity index (χ3n) is 3.97. The molecule has 0 spiro atoms. The summed E-state index contributed by atoms with van der Waals surface area (Å²) in [7, 11) is 0. The van der Waals surface area contributed by atoms with Crippen LogP contribution in [0.3, 0.4) is 0 Å². The molecule has 0 radical (unpaired) electrons. The van der Waals surface area contributed by atoms with E-state index in [1.54, 1.807) is 0 Å². The summed E-state index contributed by atoms with van der Waals surface area (Å²) in [5.74, 6) is 0.949. The maximum atomic E-state index is 12.7. The molecule has 0 aliphatic carbocycles. The topological polar surface area (TPSA) is 64.8 Å². The number of hydrogen-bond donors (Lipinski definition) is 1. The van der Waals surface area contributed by atoms with E-state index < -0.39 is 0 Å². The van der Waals surface area contributed by atoms with Gasteiger partial charge in [-0.3, -0.25) is 4.79 Å². The number of carbonyl (C=O) groups is 1. The molecule has 5 nitrogen and oxygen atoms in total. The summed E-state index contributed by atoms with van der Waals surface area (Å²) in [6.07, 6.45) is 0.813. The fraction of sp³-hybridized carbons (Fsp3) is 0.533. The smallest absolute Gasteiger partial charge is 0.254 e. The predicted molar refractivity (Wildman–Crippen MR) is 74.9 cm³/mol. The van der Waals surface area contributed by atoms with Gasteiger partial charge in [0.15, 0.2) is 0 Å². The summed E-state index contributed by atoms with van der Waals surface area (Å²) in [6, 6.07) is 5.76. The predicted octanol–water partition coefficient (Wildman–Crippen LogP) is 0.810. The molecule has 2 aliphatic rings. The van der Waals surface area contributed by atoms with Gasteiger partial charge in [0.25, 0.3) is 5.91 Å². The minimum atomic E-state index is -0.0621. The fourth-order valence-corrected chi connectivity index (χ4v) is 2.73. The average molecular weight is 276 g/mol. The summed E-state index contributed by atoms with van der Waals surface area (Å²) in [5.41, 5.74) is 7.48. The van der Waals surface area contributed by atoms with Gasteiger partial charge in [-0.2, -0.15) is 0 Å². The summed E-state index contributed by atoms with van der Waals surface area (Å²) >= 11 is 0. The van der Waals surface area contributed by atoms with Gasteiger partial charge in [-0.05, 0) is 30.7 Å². The van der Waals surface area contributed by atoms with Gasteiger partial charge in [0.05, 0.1) is 25.4 Å². The molecule has 2 heterocycles. The van der Waals surface area contributed by atoms with E-state index in [-0.39, 0.29) is 18.1 Å². The monoisotopic (exact) mass is 276 g/mol. The number of carbonyl (C=O) groups excluding carboxylic acids is 1. The normalized spacial score (nSPS) is 25.2. The second-order valence-corrected chi connectivity index (χ2v) is 5.42. The van der Waals surface area contributed by atoms with E-state index in [1.807, 2.05) is 30.0 Å². The van der Waals surface area contributed by atoms with Crippen LogP contribution in [-0.4, -0.2) is 49.3 Å². The maximum Gasteiger partial charge on any atom is 0.254 e.